The van der Waals surface area contributed by atoms with E-state index in [0.29, 0.717) is 0 Å². The number of benzene rings is 1. The Labute approximate surface area is 113 Å². The number of aromatic hydroxyl groups is 1. The molecule has 21 heavy (non-hydrogen) atoms. The predicted octanol–water partition coefficient (Wildman–Crippen LogP) is 1.98. The summed E-state index contributed by atoms with van der Waals surface area (Å²) in [7, 11) is -12.3. The second kappa shape index (κ2) is 4.76. The molecule has 1 N–H and O–H groups in total. The Balaban J connectivity index is 3.67. The van der Waals surface area contributed by atoms with Crippen LogP contribution in [-0.4, -0.2) is 33.0 Å². The molecule has 1 aromatic rings. The molecule has 0 saturated carbocycles. The van der Waals surface area contributed by atoms with Gasteiger partial charge >= 0.3 is 11.0 Å². The Morgan fingerprint density at radius 2 is 1.24 bits per heavy atom. The van der Waals surface area contributed by atoms with Crippen LogP contribution >= 0.6 is 0 Å². The molecule has 1 rings (SSSR count). The van der Waals surface area contributed by atoms with Crippen molar-refractivity contribution in [2.75, 3.05) is 0 Å². The molecular weight excluding hydrogens is 354 g/mol. The minimum atomic E-state index is -6.22. The summed E-state index contributed by atoms with van der Waals surface area (Å²) in [5.41, 5.74) is -11.8. The number of phenols is 1. The van der Waals surface area contributed by atoms with E-state index in [1.165, 1.54) is 0 Å². The molecule has 1 aromatic carbocycles. The van der Waals surface area contributed by atoms with Crippen molar-refractivity contribution in [3.63, 3.8) is 0 Å². The second-order valence-corrected chi connectivity index (χ2v) is 7.38. The maximum atomic E-state index is 12.3. The molecule has 0 heterocycles. The minimum absolute atomic E-state index is 0.108. The standard InChI is InChI=1S/C8H4F6O5S2/c9-7(10,11)20(16,17)4-1-2-5(15)6(3-4)21(18,19)8(12,13)14/h1-3,15H. The van der Waals surface area contributed by atoms with E-state index in [2.05, 4.69) is 0 Å². The van der Waals surface area contributed by atoms with Gasteiger partial charge in [0.05, 0.1) is 4.90 Å². The minimum Gasteiger partial charge on any atom is -0.507 e. The summed E-state index contributed by atoms with van der Waals surface area (Å²) in [6.45, 7) is 0. The Morgan fingerprint density at radius 1 is 0.810 bits per heavy atom. The summed E-state index contributed by atoms with van der Waals surface area (Å²) in [6, 6.07) is -0.161. The van der Waals surface area contributed by atoms with E-state index in [9.17, 15) is 43.2 Å². The summed E-state index contributed by atoms with van der Waals surface area (Å²) in [5.74, 6) is -1.53. The highest BCUT2D eigenvalue weighted by Gasteiger charge is 2.50. The first-order valence-electron chi connectivity index (χ1n) is 4.58. The molecule has 0 aliphatic carbocycles. The maximum Gasteiger partial charge on any atom is 0.502 e. The van der Waals surface area contributed by atoms with Gasteiger partial charge in [-0.3, -0.25) is 0 Å². The van der Waals surface area contributed by atoms with Crippen molar-refractivity contribution in [1.82, 2.24) is 0 Å². The van der Waals surface area contributed by atoms with E-state index in [0.717, 1.165) is 0 Å². The monoisotopic (exact) mass is 358 g/mol. The van der Waals surface area contributed by atoms with Gasteiger partial charge in [0.25, 0.3) is 19.7 Å². The van der Waals surface area contributed by atoms with E-state index in [4.69, 9.17) is 5.11 Å². The van der Waals surface area contributed by atoms with Crippen molar-refractivity contribution in [3.8, 4) is 5.75 Å². The molecule has 0 radical (unpaired) electrons. The van der Waals surface area contributed by atoms with Gasteiger partial charge in [-0.2, -0.15) is 26.3 Å². The van der Waals surface area contributed by atoms with Crippen molar-refractivity contribution in [2.45, 2.75) is 20.8 Å². The third-order valence-electron chi connectivity index (χ3n) is 2.14. The third kappa shape index (κ3) is 2.92. The number of hydrogen-bond donors (Lipinski definition) is 1. The van der Waals surface area contributed by atoms with Gasteiger partial charge in [-0.15, -0.1) is 0 Å². The fraction of sp³-hybridized carbons (Fsp3) is 0.250. The number of alkyl halides is 6. The van der Waals surface area contributed by atoms with E-state index in [1.54, 1.807) is 0 Å². The zero-order valence-electron chi connectivity index (χ0n) is 9.40. The van der Waals surface area contributed by atoms with Crippen LogP contribution in [0, 0.1) is 0 Å². The fourth-order valence-electron chi connectivity index (χ4n) is 1.14. The molecule has 0 spiro atoms. The molecule has 0 aliphatic rings. The van der Waals surface area contributed by atoms with Crippen LogP contribution in [0.4, 0.5) is 26.3 Å². The SMILES string of the molecule is O=S(=O)(c1ccc(O)c(S(=O)(=O)C(F)(F)F)c1)C(F)(F)F. The largest absolute Gasteiger partial charge is 0.507 e. The van der Waals surface area contributed by atoms with Crippen LogP contribution in [0.3, 0.4) is 0 Å². The zero-order chi connectivity index (χ0) is 16.9. The quantitative estimate of drug-likeness (QED) is 0.817. The summed E-state index contributed by atoms with van der Waals surface area (Å²) < 4.78 is 118. The fourth-order valence-corrected chi connectivity index (χ4v) is 2.87. The normalized spacial score (nSPS) is 14.2. The maximum absolute atomic E-state index is 12.3. The Hall–Kier alpha value is -1.50. The number of rotatable bonds is 2. The van der Waals surface area contributed by atoms with Crippen LogP contribution in [0.15, 0.2) is 28.0 Å². The van der Waals surface area contributed by atoms with E-state index in [-0.39, 0.29) is 12.1 Å². The molecule has 0 aromatic heterocycles. The zero-order valence-corrected chi connectivity index (χ0v) is 11.0. The smallest absolute Gasteiger partial charge is 0.502 e. The van der Waals surface area contributed by atoms with Crippen LogP contribution in [0.25, 0.3) is 0 Å². The average molecular weight is 358 g/mol. The second-order valence-electron chi connectivity index (χ2n) is 3.53. The van der Waals surface area contributed by atoms with E-state index < -0.39 is 52.3 Å². The van der Waals surface area contributed by atoms with Gasteiger partial charge in [0, 0.05) is 0 Å². The Bertz CT molecular complexity index is 759. The number of halogens is 6. The van der Waals surface area contributed by atoms with Crippen molar-refractivity contribution >= 4 is 19.7 Å². The van der Waals surface area contributed by atoms with Crippen molar-refractivity contribution < 1.29 is 48.3 Å². The Kier molecular flexibility index (Phi) is 3.98. The Morgan fingerprint density at radius 3 is 1.62 bits per heavy atom. The van der Waals surface area contributed by atoms with Crippen LogP contribution < -0.4 is 0 Å². The number of sulfone groups is 2. The van der Waals surface area contributed by atoms with Crippen LogP contribution in [0.2, 0.25) is 0 Å². The van der Waals surface area contributed by atoms with Gasteiger partial charge in [0.2, 0.25) is 0 Å². The summed E-state index contributed by atoms with van der Waals surface area (Å²) in [6.07, 6.45) is 0. The average Bonchev–Trinajstić information content (AvgIpc) is 2.25. The molecule has 0 bridgehead atoms. The summed E-state index contributed by atoms with van der Waals surface area (Å²) in [4.78, 5) is -3.73. The molecule has 13 heteroatoms. The molecule has 0 unspecified atom stereocenters. The molecule has 0 fully saturated rings. The van der Waals surface area contributed by atoms with Crippen molar-refractivity contribution in [2.24, 2.45) is 0 Å². The first-order valence-corrected chi connectivity index (χ1v) is 7.55. The van der Waals surface area contributed by atoms with Gasteiger partial charge in [-0.1, -0.05) is 0 Å². The lowest BCUT2D eigenvalue weighted by Crippen LogP contribution is -2.25. The molecule has 0 atom stereocenters. The molecule has 5 nitrogen and oxygen atoms in total. The first kappa shape index (κ1) is 17.6. The summed E-state index contributed by atoms with van der Waals surface area (Å²) in [5, 5.41) is 9.05. The lowest BCUT2D eigenvalue weighted by atomic mass is 10.3. The van der Waals surface area contributed by atoms with Crippen molar-refractivity contribution in [1.29, 1.82) is 0 Å². The number of phenolic OH excluding ortho intramolecular Hbond substituents is 1. The van der Waals surface area contributed by atoms with Gasteiger partial charge in [-0.05, 0) is 18.2 Å². The molecule has 120 valence electrons. The van der Waals surface area contributed by atoms with Crippen LogP contribution in [-0.2, 0) is 19.7 Å². The molecular formula is C8H4F6O5S2. The van der Waals surface area contributed by atoms with E-state index in [1.807, 2.05) is 0 Å². The highest BCUT2D eigenvalue weighted by Crippen LogP contribution is 2.38. The lowest BCUT2D eigenvalue weighted by molar-refractivity contribution is -0.0439. The molecule has 0 aliphatic heterocycles. The highest BCUT2D eigenvalue weighted by atomic mass is 32.2. The first-order chi connectivity index (χ1) is 9.12. The third-order valence-corrected chi connectivity index (χ3v) is 5.14. The lowest BCUT2D eigenvalue weighted by Gasteiger charge is -2.12. The topological polar surface area (TPSA) is 88.5 Å². The predicted molar refractivity (Wildman–Crippen MR) is 54.6 cm³/mol. The van der Waals surface area contributed by atoms with Crippen LogP contribution in [0.5, 0.6) is 5.75 Å². The van der Waals surface area contributed by atoms with Gasteiger partial charge < -0.3 is 5.11 Å². The van der Waals surface area contributed by atoms with Crippen LogP contribution in [0.1, 0.15) is 0 Å². The van der Waals surface area contributed by atoms with Gasteiger partial charge in [-0.25, -0.2) is 16.8 Å². The highest BCUT2D eigenvalue weighted by molar-refractivity contribution is 7.93. The summed E-state index contributed by atoms with van der Waals surface area (Å²) >= 11 is 0. The van der Waals surface area contributed by atoms with Gasteiger partial charge in [0.15, 0.2) is 0 Å². The van der Waals surface area contributed by atoms with Crippen molar-refractivity contribution in [3.05, 3.63) is 18.2 Å². The molecule has 0 saturated heterocycles. The number of hydrogen-bond acceptors (Lipinski definition) is 5. The van der Waals surface area contributed by atoms with E-state index >= 15 is 0 Å². The molecule has 0 amide bonds. The van der Waals surface area contributed by atoms with Gasteiger partial charge in [0.1, 0.15) is 10.6 Å².